The van der Waals surface area contributed by atoms with Crippen LogP contribution in [-0.4, -0.2) is 97.3 Å². The molecular weight excluding hydrogens is 356 g/mol. The van der Waals surface area contributed by atoms with Crippen LogP contribution in [0.15, 0.2) is 12.3 Å². The minimum atomic E-state index is -0.288. The van der Waals surface area contributed by atoms with Gasteiger partial charge in [0.2, 0.25) is 5.88 Å². The van der Waals surface area contributed by atoms with Gasteiger partial charge >= 0.3 is 0 Å². The minimum absolute atomic E-state index is 0.0925. The highest BCUT2D eigenvalue weighted by Crippen LogP contribution is 2.27. The second kappa shape index (κ2) is 9.87. The number of ether oxygens (including phenoxy) is 1. The Bertz CT molecular complexity index is 739. The number of rotatable bonds is 5. The van der Waals surface area contributed by atoms with Crippen molar-refractivity contribution in [3.05, 3.63) is 23.4 Å². The second-order valence-electron chi connectivity index (χ2n) is 8.00. The molecule has 0 aromatic carbocycles. The fraction of sp³-hybridized carbons (Fsp3) is 0.619. The lowest BCUT2D eigenvalue weighted by atomic mass is 10.00. The Hall–Kier alpha value is -2.14. The van der Waals surface area contributed by atoms with E-state index < -0.39 is 0 Å². The summed E-state index contributed by atoms with van der Waals surface area (Å²) in [7, 11) is 7.88. The monoisotopic (exact) mass is 388 g/mol. The summed E-state index contributed by atoms with van der Waals surface area (Å²) in [5.74, 6) is 6.35. The lowest BCUT2D eigenvalue weighted by Gasteiger charge is -2.37. The predicted molar refractivity (Wildman–Crippen MR) is 109 cm³/mol. The predicted octanol–water partition coefficient (Wildman–Crippen LogP) is 0.776. The van der Waals surface area contributed by atoms with Gasteiger partial charge in [0.15, 0.2) is 0 Å². The van der Waals surface area contributed by atoms with Gasteiger partial charge in [-0.25, -0.2) is 4.98 Å². The molecule has 0 bridgehead atoms. The van der Waals surface area contributed by atoms with Crippen LogP contribution in [0.4, 0.5) is 0 Å². The van der Waals surface area contributed by atoms with Crippen molar-refractivity contribution >= 4 is 5.91 Å². The number of aliphatic hydroxyl groups excluding tert-OH is 1. The average Bonchev–Trinajstić information content (AvgIpc) is 2.63. The Balaban J connectivity index is 2.45. The number of hydrogen-bond acceptors (Lipinski definition) is 6. The molecule has 0 fully saturated rings. The van der Waals surface area contributed by atoms with Gasteiger partial charge in [-0.3, -0.25) is 9.69 Å². The van der Waals surface area contributed by atoms with E-state index in [0.717, 1.165) is 0 Å². The third-order valence-electron chi connectivity index (χ3n) is 4.69. The van der Waals surface area contributed by atoms with E-state index in [9.17, 15) is 9.90 Å². The van der Waals surface area contributed by atoms with Gasteiger partial charge in [0, 0.05) is 30.8 Å². The van der Waals surface area contributed by atoms with E-state index in [1.807, 2.05) is 40.0 Å². The molecule has 0 unspecified atom stereocenters. The van der Waals surface area contributed by atoms with Crippen LogP contribution in [0.3, 0.4) is 0 Å². The van der Waals surface area contributed by atoms with E-state index >= 15 is 0 Å². The maximum Gasteiger partial charge on any atom is 0.259 e. The summed E-state index contributed by atoms with van der Waals surface area (Å²) < 4.78 is 6.17. The number of aliphatic hydroxyl groups is 1. The lowest BCUT2D eigenvalue weighted by molar-refractivity contribution is 0.0348. The molecule has 3 atom stereocenters. The smallest absolute Gasteiger partial charge is 0.259 e. The SMILES string of the molecule is C[C@@H]1CN([C@@H](C)CO)C(=O)c2cc(C#CCN(C)C)cnc2O[C@H]1CN(C)C. The first-order valence-corrected chi connectivity index (χ1v) is 9.59. The number of hydrogen-bond donors (Lipinski definition) is 1. The molecule has 1 aromatic heterocycles. The Kier molecular flexibility index (Phi) is 7.81. The number of nitrogens with zero attached hydrogens (tertiary/aromatic N) is 4. The van der Waals surface area contributed by atoms with Crippen LogP contribution in [0.2, 0.25) is 0 Å². The Morgan fingerprint density at radius 2 is 2.07 bits per heavy atom. The fourth-order valence-corrected chi connectivity index (χ4v) is 3.05. The molecule has 0 aliphatic carbocycles. The van der Waals surface area contributed by atoms with Gasteiger partial charge in [-0.2, -0.15) is 0 Å². The van der Waals surface area contributed by atoms with Crippen molar-refractivity contribution in [1.82, 2.24) is 19.7 Å². The Morgan fingerprint density at radius 1 is 1.36 bits per heavy atom. The molecule has 0 saturated heterocycles. The minimum Gasteiger partial charge on any atom is -0.472 e. The van der Waals surface area contributed by atoms with Crippen molar-refractivity contribution in [2.45, 2.75) is 26.0 Å². The summed E-state index contributed by atoms with van der Waals surface area (Å²) in [6.45, 7) is 5.66. The van der Waals surface area contributed by atoms with Crippen molar-refractivity contribution in [2.24, 2.45) is 5.92 Å². The topological polar surface area (TPSA) is 69.1 Å². The van der Waals surface area contributed by atoms with E-state index in [2.05, 4.69) is 28.6 Å². The van der Waals surface area contributed by atoms with Gasteiger partial charge in [-0.15, -0.1) is 0 Å². The summed E-state index contributed by atoms with van der Waals surface area (Å²) in [5.41, 5.74) is 1.07. The molecule has 1 amide bonds. The number of pyridine rings is 1. The molecule has 1 aromatic rings. The maximum absolute atomic E-state index is 13.2. The molecule has 0 saturated carbocycles. The van der Waals surface area contributed by atoms with Gasteiger partial charge in [-0.05, 0) is 41.2 Å². The first-order chi connectivity index (χ1) is 13.2. The van der Waals surface area contributed by atoms with Gasteiger partial charge in [0.25, 0.3) is 5.91 Å². The number of carbonyl (C=O) groups is 1. The highest BCUT2D eigenvalue weighted by Gasteiger charge is 2.33. The zero-order valence-electron chi connectivity index (χ0n) is 17.8. The van der Waals surface area contributed by atoms with Gasteiger partial charge in [0.05, 0.1) is 19.2 Å². The zero-order valence-corrected chi connectivity index (χ0v) is 17.8. The maximum atomic E-state index is 13.2. The molecule has 1 aliphatic rings. The Morgan fingerprint density at radius 3 is 2.68 bits per heavy atom. The summed E-state index contributed by atoms with van der Waals surface area (Å²) in [5, 5.41) is 9.66. The first kappa shape index (κ1) is 22.2. The normalized spacial score (nSPS) is 20.8. The van der Waals surface area contributed by atoms with Crippen LogP contribution in [0.5, 0.6) is 5.88 Å². The number of likely N-dealkylation sites (N-methyl/N-ethyl adjacent to an activating group) is 1. The number of amides is 1. The third-order valence-corrected chi connectivity index (χ3v) is 4.69. The van der Waals surface area contributed by atoms with Crippen molar-refractivity contribution in [3.8, 4) is 17.7 Å². The molecule has 0 radical (unpaired) electrons. The molecular formula is C21H32N4O3. The number of fused-ring (bicyclic) bond motifs is 1. The molecule has 7 nitrogen and oxygen atoms in total. The van der Waals surface area contributed by atoms with Crippen LogP contribution >= 0.6 is 0 Å². The molecule has 2 rings (SSSR count). The zero-order chi connectivity index (χ0) is 20.8. The average molecular weight is 389 g/mol. The second-order valence-corrected chi connectivity index (χ2v) is 8.00. The summed E-state index contributed by atoms with van der Waals surface area (Å²) in [6, 6.07) is 1.46. The van der Waals surface area contributed by atoms with Crippen molar-refractivity contribution in [2.75, 3.05) is 54.4 Å². The van der Waals surface area contributed by atoms with E-state index in [-0.39, 0.29) is 30.6 Å². The highest BCUT2D eigenvalue weighted by atomic mass is 16.5. The number of carbonyl (C=O) groups excluding carboxylic acids is 1. The molecule has 28 heavy (non-hydrogen) atoms. The van der Waals surface area contributed by atoms with Crippen LogP contribution < -0.4 is 4.74 Å². The van der Waals surface area contributed by atoms with Crippen molar-refractivity contribution in [3.63, 3.8) is 0 Å². The Labute approximate surface area is 168 Å². The summed E-state index contributed by atoms with van der Waals surface area (Å²) in [6.07, 6.45) is 1.53. The molecule has 1 aliphatic heterocycles. The van der Waals surface area contributed by atoms with E-state index in [4.69, 9.17) is 4.74 Å². The van der Waals surface area contributed by atoms with E-state index in [1.165, 1.54) is 0 Å². The molecule has 7 heteroatoms. The van der Waals surface area contributed by atoms with Crippen LogP contribution in [0.1, 0.15) is 29.8 Å². The van der Waals surface area contributed by atoms with E-state index in [1.54, 1.807) is 17.2 Å². The quantitative estimate of drug-likeness (QED) is 0.752. The fourth-order valence-electron chi connectivity index (χ4n) is 3.05. The summed E-state index contributed by atoms with van der Waals surface area (Å²) in [4.78, 5) is 23.4. The lowest BCUT2D eigenvalue weighted by Crippen LogP contribution is -2.49. The molecule has 154 valence electrons. The van der Waals surface area contributed by atoms with Crippen LogP contribution in [0.25, 0.3) is 0 Å². The molecule has 2 heterocycles. The standard InChI is InChI=1S/C21H32N4O3/c1-15-12-25(16(2)14-26)21(27)18-10-17(8-7-9-23(3)4)11-22-20(18)28-19(15)13-24(5)6/h10-11,15-16,19,26H,9,12-14H2,1-6H3/t15-,16+,19+/m1/s1. The largest absolute Gasteiger partial charge is 0.472 e. The van der Waals surface area contributed by atoms with Gasteiger partial charge in [-0.1, -0.05) is 18.8 Å². The van der Waals surface area contributed by atoms with Crippen LogP contribution in [0, 0.1) is 17.8 Å². The van der Waals surface area contributed by atoms with Crippen LogP contribution in [-0.2, 0) is 0 Å². The third kappa shape index (κ3) is 5.68. The first-order valence-electron chi connectivity index (χ1n) is 9.59. The van der Waals surface area contributed by atoms with Crippen molar-refractivity contribution < 1.29 is 14.6 Å². The van der Waals surface area contributed by atoms with E-state index in [0.29, 0.717) is 36.6 Å². The summed E-state index contributed by atoms with van der Waals surface area (Å²) >= 11 is 0. The van der Waals surface area contributed by atoms with Gasteiger partial charge in [0.1, 0.15) is 11.7 Å². The highest BCUT2D eigenvalue weighted by molar-refractivity contribution is 5.97. The number of aromatic nitrogens is 1. The molecule has 0 spiro atoms. The van der Waals surface area contributed by atoms with Crippen molar-refractivity contribution in [1.29, 1.82) is 0 Å². The van der Waals surface area contributed by atoms with Gasteiger partial charge < -0.3 is 19.6 Å². The molecule has 1 N–H and O–H groups in total.